The lowest BCUT2D eigenvalue weighted by Crippen LogP contribution is -1.98. The van der Waals surface area contributed by atoms with Crippen molar-refractivity contribution >= 4 is 21.9 Å². The Hall–Kier alpha value is -2.81. The second-order valence-corrected chi connectivity index (χ2v) is 6.08. The molecule has 0 spiro atoms. The lowest BCUT2D eigenvalue weighted by molar-refractivity contribution is 0.545. The third kappa shape index (κ3) is 2.24. The van der Waals surface area contributed by atoms with Crippen molar-refractivity contribution in [2.75, 3.05) is 0 Å². The number of aryl methyl sites for hydroxylation is 2. The summed E-state index contributed by atoms with van der Waals surface area (Å²) in [6, 6.07) is 15.6. The first-order valence-electron chi connectivity index (χ1n) is 8.23. The number of benzene rings is 2. The Balaban J connectivity index is 2.20. The molecule has 0 radical (unpaired) electrons. The monoisotopic (exact) mass is 318 g/mol. The van der Waals surface area contributed by atoms with Gasteiger partial charge in [0, 0.05) is 23.4 Å². The van der Waals surface area contributed by atoms with Crippen LogP contribution in [0.1, 0.15) is 24.7 Å². The van der Waals surface area contributed by atoms with Gasteiger partial charge in [-0.3, -0.25) is 0 Å². The maximum absolute atomic E-state index is 11.9. The molecular weight excluding hydrogens is 300 g/mol. The van der Waals surface area contributed by atoms with Gasteiger partial charge in [0.15, 0.2) is 0 Å². The molecule has 3 heteroatoms. The summed E-state index contributed by atoms with van der Waals surface area (Å²) in [5, 5.41) is 1.84. The minimum absolute atomic E-state index is 0.329. The fraction of sp³-hybridized carbons (Fsp3) is 0.190. The zero-order valence-corrected chi connectivity index (χ0v) is 13.8. The predicted molar refractivity (Wildman–Crippen MR) is 96.4 cm³/mol. The largest absolute Gasteiger partial charge is 0.460 e. The van der Waals surface area contributed by atoms with Crippen molar-refractivity contribution < 1.29 is 8.83 Å². The van der Waals surface area contributed by atoms with Crippen LogP contribution in [0.4, 0.5) is 0 Å². The fourth-order valence-electron chi connectivity index (χ4n) is 3.32. The molecule has 4 rings (SSSR count). The highest BCUT2D eigenvalue weighted by Crippen LogP contribution is 2.39. The molecule has 120 valence electrons. The molecule has 0 saturated carbocycles. The van der Waals surface area contributed by atoms with E-state index in [0.29, 0.717) is 5.58 Å². The minimum atomic E-state index is -0.329. The summed E-state index contributed by atoms with van der Waals surface area (Å²) in [5.74, 6) is 0.940. The van der Waals surface area contributed by atoms with Crippen LogP contribution in [-0.4, -0.2) is 0 Å². The van der Waals surface area contributed by atoms with Gasteiger partial charge in [0.05, 0.1) is 5.39 Å². The lowest BCUT2D eigenvalue weighted by atomic mass is 9.98. The molecule has 0 amide bonds. The third-order valence-corrected chi connectivity index (χ3v) is 4.38. The zero-order chi connectivity index (χ0) is 16.7. The Morgan fingerprint density at radius 2 is 1.79 bits per heavy atom. The van der Waals surface area contributed by atoms with Gasteiger partial charge in [-0.1, -0.05) is 37.3 Å². The van der Waals surface area contributed by atoms with E-state index >= 15 is 0 Å². The summed E-state index contributed by atoms with van der Waals surface area (Å²) in [4.78, 5) is 11.9. The molecule has 2 aromatic heterocycles. The Morgan fingerprint density at radius 3 is 2.54 bits per heavy atom. The average Bonchev–Trinajstić information content (AvgIpc) is 2.94. The van der Waals surface area contributed by atoms with Gasteiger partial charge in [0.25, 0.3) is 0 Å². The van der Waals surface area contributed by atoms with Crippen molar-refractivity contribution in [1.29, 1.82) is 0 Å². The van der Waals surface area contributed by atoms with Crippen LogP contribution in [0.15, 0.2) is 62.2 Å². The van der Waals surface area contributed by atoms with Crippen LogP contribution in [0.3, 0.4) is 0 Å². The summed E-state index contributed by atoms with van der Waals surface area (Å²) in [6.45, 7) is 4.06. The van der Waals surface area contributed by atoms with E-state index in [1.54, 1.807) is 0 Å². The Morgan fingerprint density at radius 1 is 1.00 bits per heavy atom. The van der Waals surface area contributed by atoms with Crippen LogP contribution in [0.5, 0.6) is 0 Å². The maximum atomic E-state index is 11.9. The van der Waals surface area contributed by atoms with E-state index in [9.17, 15) is 4.79 Å². The van der Waals surface area contributed by atoms with Gasteiger partial charge in [-0.05, 0) is 36.6 Å². The van der Waals surface area contributed by atoms with Crippen LogP contribution in [-0.2, 0) is 6.42 Å². The topological polar surface area (TPSA) is 43.4 Å². The van der Waals surface area contributed by atoms with Crippen molar-refractivity contribution in [1.82, 2.24) is 0 Å². The fourth-order valence-corrected chi connectivity index (χ4v) is 3.32. The molecule has 4 aromatic rings. The second-order valence-electron chi connectivity index (χ2n) is 6.08. The highest BCUT2D eigenvalue weighted by molar-refractivity contribution is 6.11. The minimum Gasteiger partial charge on any atom is -0.460 e. The van der Waals surface area contributed by atoms with Crippen LogP contribution < -0.4 is 5.63 Å². The molecule has 0 aliphatic carbocycles. The van der Waals surface area contributed by atoms with Gasteiger partial charge in [0.2, 0.25) is 0 Å². The molecule has 3 nitrogen and oxygen atoms in total. The Bertz CT molecular complexity index is 1080. The second kappa shape index (κ2) is 5.68. The molecule has 0 aliphatic rings. The number of hydrogen-bond acceptors (Lipinski definition) is 3. The first-order chi connectivity index (χ1) is 11.7. The number of furan rings is 1. The van der Waals surface area contributed by atoms with Gasteiger partial charge in [-0.2, -0.15) is 0 Å². The number of rotatable bonds is 3. The lowest BCUT2D eigenvalue weighted by Gasteiger charge is -2.05. The van der Waals surface area contributed by atoms with E-state index in [-0.39, 0.29) is 5.63 Å². The van der Waals surface area contributed by atoms with Gasteiger partial charge >= 0.3 is 5.63 Å². The van der Waals surface area contributed by atoms with E-state index in [1.165, 1.54) is 6.07 Å². The first-order valence-corrected chi connectivity index (χ1v) is 8.23. The Kier molecular flexibility index (Phi) is 3.49. The highest BCUT2D eigenvalue weighted by Gasteiger charge is 2.19. The summed E-state index contributed by atoms with van der Waals surface area (Å²) >= 11 is 0. The molecule has 0 unspecified atom stereocenters. The van der Waals surface area contributed by atoms with Crippen molar-refractivity contribution in [2.24, 2.45) is 0 Å². The number of hydrogen-bond donors (Lipinski definition) is 0. The van der Waals surface area contributed by atoms with Crippen LogP contribution in [0.25, 0.3) is 33.1 Å². The predicted octanol–water partition coefficient (Wildman–Crippen LogP) is 5.47. The number of fused-ring (bicyclic) bond motifs is 3. The first kappa shape index (κ1) is 14.8. The molecule has 24 heavy (non-hydrogen) atoms. The van der Waals surface area contributed by atoms with E-state index in [4.69, 9.17) is 8.83 Å². The van der Waals surface area contributed by atoms with Crippen molar-refractivity contribution in [3.05, 3.63) is 70.3 Å². The van der Waals surface area contributed by atoms with Crippen molar-refractivity contribution in [3.8, 4) is 11.1 Å². The highest BCUT2D eigenvalue weighted by atomic mass is 16.4. The summed E-state index contributed by atoms with van der Waals surface area (Å²) < 4.78 is 11.7. The van der Waals surface area contributed by atoms with Crippen LogP contribution >= 0.6 is 0 Å². The third-order valence-electron chi connectivity index (χ3n) is 4.38. The molecule has 0 bridgehead atoms. The molecule has 2 heterocycles. The zero-order valence-electron chi connectivity index (χ0n) is 13.8. The summed E-state index contributed by atoms with van der Waals surface area (Å²) in [7, 11) is 0. The van der Waals surface area contributed by atoms with E-state index < -0.39 is 0 Å². The quantitative estimate of drug-likeness (QED) is 0.471. The van der Waals surface area contributed by atoms with E-state index in [1.807, 2.05) is 37.3 Å². The summed E-state index contributed by atoms with van der Waals surface area (Å²) in [6.07, 6.45) is 1.83. The van der Waals surface area contributed by atoms with Gasteiger partial charge in [-0.15, -0.1) is 0 Å². The summed E-state index contributed by atoms with van der Waals surface area (Å²) in [5.41, 5.74) is 4.08. The van der Waals surface area contributed by atoms with E-state index in [0.717, 1.165) is 51.6 Å². The van der Waals surface area contributed by atoms with E-state index in [2.05, 4.69) is 19.1 Å². The molecule has 0 atom stereocenters. The molecule has 0 N–H and O–H groups in total. The molecule has 0 aliphatic heterocycles. The van der Waals surface area contributed by atoms with Crippen molar-refractivity contribution in [2.45, 2.75) is 26.7 Å². The molecule has 0 fully saturated rings. The molecule has 0 saturated heterocycles. The maximum Gasteiger partial charge on any atom is 0.336 e. The molecule has 2 aromatic carbocycles. The van der Waals surface area contributed by atoms with Gasteiger partial charge < -0.3 is 8.83 Å². The normalized spacial score (nSPS) is 11.4. The van der Waals surface area contributed by atoms with Crippen LogP contribution in [0, 0.1) is 6.92 Å². The standard InChI is InChI=1S/C21H18O3/c1-3-7-16-19(14-8-5-4-6-9-14)20-17(23-16)11-10-15-13(2)12-18(22)24-21(15)20/h4-6,8-12H,3,7H2,1-2H3. The Labute approximate surface area is 139 Å². The van der Waals surface area contributed by atoms with Gasteiger partial charge in [0.1, 0.15) is 16.9 Å². The molecular formula is C21H18O3. The average molecular weight is 318 g/mol. The van der Waals surface area contributed by atoms with Crippen LogP contribution in [0.2, 0.25) is 0 Å². The van der Waals surface area contributed by atoms with Crippen molar-refractivity contribution in [3.63, 3.8) is 0 Å². The van der Waals surface area contributed by atoms with Gasteiger partial charge in [-0.25, -0.2) is 4.79 Å². The SMILES string of the molecule is CCCc1oc2ccc3c(C)cc(=O)oc3c2c1-c1ccccc1. The smallest absolute Gasteiger partial charge is 0.336 e.